The number of hydrogen-bond donors (Lipinski definition) is 0. The number of amides is 2. The number of nitrogens with zero attached hydrogens (tertiary/aromatic N) is 3. The summed E-state index contributed by atoms with van der Waals surface area (Å²) in [5, 5.41) is -0.226. The quantitative estimate of drug-likeness (QED) is 0.712. The summed E-state index contributed by atoms with van der Waals surface area (Å²) in [7, 11) is -2.74. The van der Waals surface area contributed by atoms with Crippen LogP contribution in [-0.4, -0.2) is 50.5 Å². The smallest absolute Gasteiger partial charge is 0.307 e. The van der Waals surface area contributed by atoms with Crippen LogP contribution in [0.2, 0.25) is 0 Å². The van der Waals surface area contributed by atoms with Gasteiger partial charge >= 0.3 is 5.91 Å². The lowest BCUT2D eigenvalue weighted by atomic mass is 9.90. The number of carbonyl (C=O) groups is 2. The summed E-state index contributed by atoms with van der Waals surface area (Å²) >= 11 is 1.63. The average Bonchev–Trinajstić information content (AvgIpc) is 3.33. The molecule has 7 nitrogen and oxygen atoms in total. The highest BCUT2D eigenvalue weighted by atomic mass is 32.2. The van der Waals surface area contributed by atoms with E-state index in [0.717, 1.165) is 17.7 Å². The van der Waals surface area contributed by atoms with Crippen LogP contribution in [-0.2, 0) is 22.6 Å². The Morgan fingerprint density at radius 1 is 1.30 bits per heavy atom. The number of aromatic nitrogens is 1. The number of piperidine rings is 1. The standard InChI is InChI=1S/C21H27N3O4S2/c1-13-4-5-18-15(10-13)11-19(29-18)21(26)24-8-6-16(7-9-24)30(3,27)23-20(25)17-12-28-14(2)22-17/h11-13,16H,4-10H2,1-3H3. The third-order valence-corrected chi connectivity index (χ3v) is 9.45. The molecule has 0 saturated carbocycles. The van der Waals surface area contributed by atoms with Gasteiger partial charge in [0.25, 0.3) is 5.91 Å². The number of likely N-dealkylation sites (tertiary alicyclic amines) is 1. The van der Waals surface area contributed by atoms with Gasteiger partial charge in [0, 0.05) is 36.4 Å². The minimum Gasteiger partial charge on any atom is -0.448 e. The minimum atomic E-state index is -2.74. The number of hydrogen-bond acceptors (Lipinski definition) is 6. The van der Waals surface area contributed by atoms with Gasteiger partial charge in [-0.2, -0.15) is 4.36 Å². The van der Waals surface area contributed by atoms with Crippen LogP contribution in [0.25, 0.3) is 0 Å². The molecule has 2 unspecified atom stereocenters. The molecule has 1 aliphatic heterocycles. The van der Waals surface area contributed by atoms with E-state index in [9.17, 15) is 13.8 Å². The molecule has 0 bridgehead atoms. The van der Waals surface area contributed by atoms with Gasteiger partial charge in [0.2, 0.25) is 0 Å². The predicted octanol–water partition coefficient (Wildman–Crippen LogP) is 3.71. The summed E-state index contributed by atoms with van der Waals surface area (Å²) in [4.78, 5) is 33.2. The Balaban J connectivity index is 1.41. The van der Waals surface area contributed by atoms with Gasteiger partial charge in [-0.25, -0.2) is 9.19 Å². The maximum Gasteiger partial charge on any atom is 0.307 e. The number of rotatable bonds is 3. The van der Waals surface area contributed by atoms with Gasteiger partial charge in [-0.3, -0.25) is 9.59 Å². The second kappa shape index (κ2) is 8.26. The van der Waals surface area contributed by atoms with Crippen molar-refractivity contribution in [3.63, 3.8) is 0 Å². The van der Waals surface area contributed by atoms with E-state index in [0.29, 0.717) is 37.7 Å². The number of aryl methyl sites for hydroxylation is 2. The lowest BCUT2D eigenvalue weighted by molar-refractivity contribution is 0.0730. The Labute approximate surface area is 181 Å². The molecule has 0 spiro atoms. The molecule has 4 rings (SSSR count). The van der Waals surface area contributed by atoms with Gasteiger partial charge in [0.1, 0.15) is 6.26 Å². The van der Waals surface area contributed by atoms with Crippen LogP contribution >= 0.6 is 11.3 Å². The molecule has 2 aliphatic rings. The fraction of sp³-hybridized carbons (Fsp3) is 0.571. The highest BCUT2D eigenvalue weighted by Crippen LogP contribution is 2.33. The Morgan fingerprint density at radius 3 is 2.70 bits per heavy atom. The molecule has 3 heterocycles. The predicted molar refractivity (Wildman–Crippen MR) is 116 cm³/mol. The van der Waals surface area contributed by atoms with E-state index >= 15 is 0 Å². The zero-order valence-electron chi connectivity index (χ0n) is 17.6. The number of thiophene rings is 1. The summed E-state index contributed by atoms with van der Waals surface area (Å²) in [6.07, 6.45) is 7.20. The molecule has 0 aromatic carbocycles. The Kier molecular flexibility index (Phi) is 5.85. The summed E-state index contributed by atoms with van der Waals surface area (Å²) in [5.41, 5.74) is 1.40. The maximum atomic E-state index is 13.1. The van der Waals surface area contributed by atoms with Crippen LogP contribution in [0.4, 0.5) is 0 Å². The van der Waals surface area contributed by atoms with Crippen LogP contribution in [0.3, 0.4) is 0 Å². The van der Waals surface area contributed by atoms with Crippen LogP contribution in [0, 0.1) is 12.8 Å². The molecular weight excluding hydrogens is 422 g/mol. The normalized spacial score (nSPS) is 21.7. The molecule has 9 heteroatoms. The van der Waals surface area contributed by atoms with Crippen molar-refractivity contribution in [1.29, 1.82) is 0 Å². The van der Waals surface area contributed by atoms with Crippen molar-refractivity contribution >= 4 is 32.9 Å². The van der Waals surface area contributed by atoms with E-state index in [1.807, 2.05) is 4.90 Å². The van der Waals surface area contributed by atoms with Gasteiger partial charge < -0.3 is 9.32 Å². The number of carbonyl (C=O) groups excluding carboxylic acids is 2. The van der Waals surface area contributed by atoms with E-state index in [-0.39, 0.29) is 16.9 Å². The fourth-order valence-corrected chi connectivity index (χ4v) is 7.04. The molecular formula is C21H27N3O4S2. The van der Waals surface area contributed by atoms with E-state index < -0.39 is 15.6 Å². The van der Waals surface area contributed by atoms with Crippen LogP contribution in [0.1, 0.15) is 62.7 Å². The van der Waals surface area contributed by atoms with Crippen molar-refractivity contribution in [3.05, 3.63) is 39.2 Å². The second-order valence-corrected chi connectivity index (χ2v) is 12.1. The van der Waals surface area contributed by atoms with Crippen molar-refractivity contribution in [2.45, 2.75) is 51.2 Å². The van der Waals surface area contributed by atoms with Crippen molar-refractivity contribution in [1.82, 2.24) is 9.88 Å². The van der Waals surface area contributed by atoms with E-state index in [1.54, 1.807) is 18.3 Å². The van der Waals surface area contributed by atoms with Gasteiger partial charge in [-0.1, -0.05) is 6.92 Å². The van der Waals surface area contributed by atoms with Crippen molar-refractivity contribution in [3.8, 4) is 0 Å². The first-order valence-corrected chi connectivity index (χ1v) is 13.1. The zero-order valence-corrected chi connectivity index (χ0v) is 19.2. The van der Waals surface area contributed by atoms with E-state index in [1.165, 1.54) is 29.4 Å². The van der Waals surface area contributed by atoms with Gasteiger partial charge in [0.05, 0.1) is 14.6 Å². The van der Waals surface area contributed by atoms with Gasteiger partial charge in [-0.05, 0) is 49.7 Å². The first kappa shape index (κ1) is 21.2. The molecule has 2 aromatic rings. The molecule has 1 saturated heterocycles. The largest absolute Gasteiger partial charge is 0.448 e. The van der Waals surface area contributed by atoms with Gasteiger partial charge in [-0.15, -0.1) is 11.3 Å². The number of fused-ring (bicyclic) bond motifs is 1. The molecule has 2 aromatic heterocycles. The minimum absolute atomic E-state index is 0.0641. The topological polar surface area (TPSA) is 92.8 Å². The molecule has 2 atom stereocenters. The summed E-state index contributed by atoms with van der Waals surface area (Å²) in [6, 6.07) is 2.07. The molecule has 0 N–H and O–H groups in total. The average molecular weight is 450 g/mol. The molecule has 162 valence electrons. The molecule has 2 amide bonds. The highest BCUT2D eigenvalue weighted by Gasteiger charge is 2.30. The van der Waals surface area contributed by atoms with E-state index in [2.05, 4.69) is 22.3 Å². The van der Waals surface area contributed by atoms with Crippen molar-refractivity contribution < 1.29 is 18.2 Å². The monoisotopic (exact) mass is 449 g/mol. The zero-order chi connectivity index (χ0) is 21.5. The number of oxazole rings is 1. The van der Waals surface area contributed by atoms with Crippen molar-refractivity contribution in [2.75, 3.05) is 19.3 Å². The fourth-order valence-electron chi connectivity index (χ4n) is 4.21. The lowest BCUT2D eigenvalue weighted by Gasteiger charge is -2.32. The maximum absolute atomic E-state index is 13.1. The molecule has 0 radical (unpaired) electrons. The van der Waals surface area contributed by atoms with Crippen LogP contribution < -0.4 is 0 Å². The Hall–Kier alpha value is -2.00. The summed E-state index contributed by atoms with van der Waals surface area (Å²) in [6.45, 7) is 4.95. The lowest BCUT2D eigenvalue weighted by Crippen LogP contribution is -2.42. The van der Waals surface area contributed by atoms with Crippen molar-refractivity contribution in [2.24, 2.45) is 10.3 Å². The van der Waals surface area contributed by atoms with Crippen LogP contribution in [0.15, 0.2) is 21.1 Å². The van der Waals surface area contributed by atoms with Crippen LogP contribution in [0.5, 0.6) is 0 Å². The molecule has 30 heavy (non-hydrogen) atoms. The van der Waals surface area contributed by atoms with E-state index in [4.69, 9.17) is 4.42 Å². The second-order valence-electron chi connectivity index (χ2n) is 8.41. The molecule has 1 fully saturated rings. The third-order valence-electron chi connectivity index (χ3n) is 5.99. The summed E-state index contributed by atoms with van der Waals surface area (Å²) < 4.78 is 22.1. The SMILES string of the molecule is Cc1nc(C(=O)N=S(C)(=O)C2CCN(C(=O)c3cc4c(s3)CCC(C)C4)CC2)co1. The van der Waals surface area contributed by atoms with Gasteiger partial charge in [0.15, 0.2) is 11.6 Å². The highest BCUT2D eigenvalue weighted by molar-refractivity contribution is 7.93. The first-order chi connectivity index (χ1) is 14.2. The first-order valence-electron chi connectivity index (χ1n) is 10.3. The Morgan fingerprint density at radius 2 is 2.03 bits per heavy atom. The third kappa shape index (κ3) is 4.37. The summed E-state index contributed by atoms with van der Waals surface area (Å²) in [5.74, 6) is 0.495. The Bertz CT molecular complexity index is 1090. The molecule has 1 aliphatic carbocycles.